The van der Waals surface area contributed by atoms with E-state index in [9.17, 15) is 13.5 Å². The Bertz CT molecular complexity index is 598. The molecule has 0 saturated heterocycles. The fourth-order valence-corrected chi connectivity index (χ4v) is 3.61. The zero-order chi connectivity index (χ0) is 14.8. The Morgan fingerprint density at radius 3 is 2.45 bits per heavy atom. The minimum Gasteiger partial charge on any atom is -0.393 e. The van der Waals surface area contributed by atoms with Gasteiger partial charge in [-0.15, -0.1) is 0 Å². The van der Waals surface area contributed by atoms with Gasteiger partial charge in [0.15, 0.2) is 0 Å². The van der Waals surface area contributed by atoms with Crippen molar-refractivity contribution >= 4 is 10.0 Å². The van der Waals surface area contributed by atoms with Crippen LogP contribution in [0.25, 0.3) is 0 Å². The van der Waals surface area contributed by atoms with Gasteiger partial charge in [-0.2, -0.15) is 5.26 Å². The first kappa shape index (κ1) is 15.0. The molecule has 1 aromatic rings. The third kappa shape index (κ3) is 3.18. The number of nitrogens with zero attached hydrogens (tertiary/aromatic N) is 2. The van der Waals surface area contributed by atoms with E-state index in [1.807, 2.05) is 6.07 Å². The Labute approximate surface area is 119 Å². The van der Waals surface area contributed by atoms with Crippen LogP contribution >= 0.6 is 0 Å². The number of hydrogen-bond acceptors (Lipinski definition) is 4. The molecular weight excluding hydrogens is 276 g/mol. The highest BCUT2D eigenvalue weighted by molar-refractivity contribution is 7.89. The van der Waals surface area contributed by atoms with Crippen molar-refractivity contribution in [2.24, 2.45) is 5.92 Å². The topological polar surface area (TPSA) is 81.4 Å². The average Bonchev–Trinajstić information content (AvgIpc) is 2.38. The van der Waals surface area contributed by atoms with Crippen molar-refractivity contribution in [1.29, 1.82) is 5.26 Å². The van der Waals surface area contributed by atoms with Crippen LogP contribution in [0.1, 0.15) is 18.4 Å². The van der Waals surface area contributed by atoms with E-state index in [0.717, 1.165) is 5.56 Å². The molecule has 108 valence electrons. The smallest absolute Gasteiger partial charge is 0.242 e. The van der Waals surface area contributed by atoms with Crippen molar-refractivity contribution in [3.63, 3.8) is 0 Å². The largest absolute Gasteiger partial charge is 0.393 e. The normalized spacial score (nSPS) is 22.3. The maximum atomic E-state index is 12.4. The van der Waals surface area contributed by atoms with Gasteiger partial charge in [0.05, 0.1) is 23.5 Å². The van der Waals surface area contributed by atoms with Crippen molar-refractivity contribution in [3.05, 3.63) is 29.8 Å². The molecule has 1 N–H and O–H groups in total. The second-order valence-corrected chi connectivity index (χ2v) is 7.30. The van der Waals surface area contributed by atoms with Crippen LogP contribution in [0.3, 0.4) is 0 Å². The van der Waals surface area contributed by atoms with Crippen LogP contribution in [0, 0.1) is 17.2 Å². The second kappa shape index (κ2) is 5.92. The van der Waals surface area contributed by atoms with Crippen LogP contribution in [0.5, 0.6) is 0 Å². The Balaban J connectivity index is 2.07. The van der Waals surface area contributed by atoms with Crippen molar-refractivity contribution in [3.8, 4) is 6.07 Å². The van der Waals surface area contributed by atoms with Gasteiger partial charge >= 0.3 is 0 Å². The molecule has 1 aliphatic carbocycles. The van der Waals surface area contributed by atoms with Crippen LogP contribution in [0.4, 0.5) is 0 Å². The maximum Gasteiger partial charge on any atom is 0.242 e. The lowest BCUT2D eigenvalue weighted by Crippen LogP contribution is -2.39. The third-order valence-corrected chi connectivity index (χ3v) is 5.48. The van der Waals surface area contributed by atoms with Crippen LogP contribution < -0.4 is 0 Å². The van der Waals surface area contributed by atoms with Crippen LogP contribution in [0.15, 0.2) is 29.2 Å². The Hall–Kier alpha value is -1.42. The van der Waals surface area contributed by atoms with E-state index in [2.05, 4.69) is 0 Å². The molecular formula is C14H18N2O3S. The number of benzene rings is 1. The molecule has 6 heteroatoms. The molecule has 0 aliphatic heterocycles. The summed E-state index contributed by atoms with van der Waals surface area (Å²) in [6, 6.07) is 8.43. The molecule has 0 aromatic heterocycles. The first-order valence-corrected chi connectivity index (χ1v) is 7.98. The lowest BCUT2D eigenvalue weighted by Gasteiger charge is -2.34. The quantitative estimate of drug-likeness (QED) is 0.883. The van der Waals surface area contributed by atoms with Gasteiger partial charge in [0.25, 0.3) is 0 Å². The summed E-state index contributed by atoms with van der Waals surface area (Å²) in [7, 11) is -1.93. The fourth-order valence-electron chi connectivity index (χ4n) is 2.36. The fraction of sp³-hybridized carbons (Fsp3) is 0.500. The first-order chi connectivity index (χ1) is 9.43. The second-order valence-electron chi connectivity index (χ2n) is 5.26. The number of aliphatic hydroxyl groups excluding tert-OH is 1. The van der Waals surface area contributed by atoms with Crippen LogP contribution in [-0.4, -0.2) is 37.5 Å². The molecule has 0 unspecified atom stereocenters. The number of sulfonamides is 1. The molecule has 0 radical (unpaired) electrons. The number of aliphatic hydroxyl groups is 1. The van der Waals surface area contributed by atoms with Gasteiger partial charge in [0.1, 0.15) is 0 Å². The highest BCUT2D eigenvalue weighted by Gasteiger charge is 2.31. The SMILES string of the molecule is CN(CC1CC(O)C1)S(=O)(=O)c1ccc(CC#N)cc1. The lowest BCUT2D eigenvalue weighted by molar-refractivity contribution is 0.0367. The van der Waals surface area contributed by atoms with Gasteiger partial charge in [-0.05, 0) is 36.5 Å². The van der Waals surface area contributed by atoms with E-state index >= 15 is 0 Å². The Morgan fingerprint density at radius 1 is 1.35 bits per heavy atom. The van der Waals surface area contributed by atoms with Crippen molar-refractivity contribution in [1.82, 2.24) is 4.31 Å². The Kier molecular flexibility index (Phi) is 4.43. The molecule has 0 amide bonds. The molecule has 1 aliphatic rings. The van der Waals surface area contributed by atoms with Gasteiger partial charge < -0.3 is 5.11 Å². The molecule has 20 heavy (non-hydrogen) atoms. The number of nitriles is 1. The predicted molar refractivity (Wildman–Crippen MR) is 74.3 cm³/mol. The summed E-state index contributed by atoms with van der Waals surface area (Å²) >= 11 is 0. The molecule has 1 saturated carbocycles. The van der Waals surface area contributed by atoms with Gasteiger partial charge in [0.2, 0.25) is 10.0 Å². The number of hydrogen-bond donors (Lipinski definition) is 1. The summed E-state index contributed by atoms with van der Waals surface area (Å²) in [5.41, 5.74) is 0.802. The van der Waals surface area contributed by atoms with E-state index in [-0.39, 0.29) is 23.3 Å². The van der Waals surface area contributed by atoms with E-state index in [0.29, 0.717) is 19.4 Å². The lowest BCUT2D eigenvalue weighted by atomic mass is 9.82. The summed E-state index contributed by atoms with van der Waals surface area (Å²) in [6.45, 7) is 0.430. The molecule has 5 nitrogen and oxygen atoms in total. The van der Waals surface area contributed by atoms with Gasteiger partial charge in [-0.3, -0.25) is 0 Å². The minimum atomic E-state index is -3.49. The zero-order valence-corrected chi connectivity index (χ0v) is 12.2. The highest BCUT2D eigenvalue weighted by atomic mass is 32.2. The van der Waals surface area contributed by atoms with Crippen molar-refractivity contribution in [2.45, 2.75) is 30.3 Å². The standard InChI is InChI=1S/C14H18N2O3S/c1-16(10-12-8-13(17)9-12)20(18,19)14-4-2-11(3-5-14)6-7-15/h2-5,12-13,17H,6,8-10H2,1H3. The van der Waals surface area contributed by atoms with E-state index < -0.39 is 10.0 Å². The summed E-state index contributed by atoms with van der Waals surface area (Å²) in [4.78, 5) is 0.238. The molecule has 1 aromatic carbocycles. The maximum absolute atomic E-state index is 12.4. The van der Waals surface area contributed by atoms with Crippen molar-refractivity contribution < 1.29 is 13.5 Å². The minimum absolute atomic E-state index is 0.238. The van der Waals surface area contributed by atoms with E-state index in [4.69, 9.17) is 5.26 Å². The summed E-state index contributed by atoms with van der Waals surface area (Å²) in [6.07, 6.45) is 1.33. The number of rotatable bonds is 5. The highest BCUT2D eigenvalue weighted by Crippen LogP contribution is 2.29. The van der Waals surface area contributed by atoms with Crippen LogP contribution in [-0.2, 0) is 16.4 Å². The molecule has 1 fully saturated rings. The van der Waals surface area contributed by atoms with Gasteiger partial charge in [0, 0.05) is 13.6 Å². The predicted octanol–water partition coefficient (Wildman–Crippen LogP) is 1.14. The molecule has 0 atom stereocenters. The van der Waals surface area contributed by atoms with E-state index in [1.54, 1.807) is 19.2 Å². The molecule has 0 heterocycles. The summed E-state index contributed by atoms with van der Waals surface area (Å²) in [5.74, 6) is 0.239. The molecule has 0 bridgehead atoms. The third-order valence-electron chi connectivity index (χ3n) is 3.64. The monoisotopic (exact) mass is 294 g/mol. The molecule has 2 rings (SSSR count). The van der Waals surface area contributed by atoms with Crippen LogP contribution in [0.2, 0.25) is 0 Å². The van der Waals surface area contributed by atoms with E-state index in [1.165, 1.54) is 16.4 Å². The summed E-state index contributed by atoms with van der Waals surface area (Å²) < 4.78 is 26.0. The van der Waals surface area contributed by atoms with Gasteiger partial charge in [-0.25, -0.2) is 12.7 Å². The van der Waals surface area contributed by atoms with Gasteiger partial charge in [-0.1, -0.05) is 12.1 Å². The van der Waals surface area contributed by atoms with Crippen molar-refractivity contribution in [2.75, 3.05) is 13.6 Å². The summed E-state index contributed by atoms with van der Waals surface area (Å²) in [5, 5.41) is 17.8. The average molecular weight is 294 g/mol. The molecule has 0 spiro atoms. The Morgan fingerprint density at radius 2 is 1.95 bits per heavy atom. The zero-order valence-electron chi connectivity index (χ0n) is 11.4. The first-order valence-electron chi connectivity index (χ1n) is 6.53.